The van der Waals surface area contributed by atoms with Crippen molar-refractivity contribution >= 4 is 15.8 Å². The van der Waals surface area contributed by atoms with Crippen molar-refractivity contribution in [2.75, 3.05) is 31.1 Å². The maximum Gasteiger partial charge on any atom is 0.327 e. The van der Waals surface area contributed by atoms with Crippen LogP contribution >= 0.6 is 0 Å². The van der Waals surface area contributed by atoms with E-state index < -0.39 is 15.8 Å². The zero-order chi connectivity index (χ0) is 12.0. The Morgan fingerprint density at radius 1 is 1.38 bits per heavy atom. The number of nitrogens with zero attached hydrogens (tertiary/aromatic N) is 1. The Balaban J connectivity index is 2.30. The van der Waals surface area contributed by atoms with Crippen molar-refractivity contribution in [2.24, 2.45) is 5.84 Å². The van der Waals surface area contributed by atoms with E-state index in [1.807, 2.05) is 10.5 Å². The number of hydrazine groups is 1. The molecule has 0 atom stereocenters. The zero-order valence-electron chi connectivity index (χ0n) is 9.02. The average Bonchev–Trinajstić information content (AvgIpc) is 2.37. The first-order valence-corrected chi connectivity index (χ1v) is 6.94. The van der Waals surface area contributed by atoms with Gasteiger partial charge in [0.2, 0.25) is 0 Å². The molecule has 3 N–H and O–H groups in total. The van der Waals surface area contributed by atoms with Gasteiger partial charge in [0, 0.05) is 13.1 Å². The maximum absolute atomic E-state index is 11.3. The molecule has 1 aliphatic heterocycles. The van der Waals surface area contributed by atoms with Crippen LogP contribution in [0.5, 0.6) is 0 Å². The summed E-state index contributed by atoms with van der Waals surface area (Å²) in [4.78, 5) is 17.3. The molecule has 0 aromatic rings. The fourth-order valence-electron chi connectivity index (χ4n) is 1.58. The summed E-state index contributed by atoms with van der Waals surface area (Å²) >= 11 is 0. The quantitative estimate of drug-likeness (QED) is 0.459. The Labute approximate surface area is 94.8 Å². The summed E-state index contributed by atoms with van der Waals surface area (Å²) in [7, 11) is -2.89. The van der Waals surface area contributed by atoms with E-state index in [-0.39, 0.29) is 17.9 Å². The van der Waals surface area contributed by atoms with Crippen LogP contribution < -0.4 is 11.4 Å². The summed E-state index contributed by atoms with van der Waals surface area (Å²) in [6, 6.07) is 0. The number of rotatable bonds is 4. The van der Waals surface area contributed by atoms with E-state index in [0.717, 1.165) is 0 Å². The van der Waals surface area contributed by atoms with Gasteiger partial charge in [-0.3, -0.25) is 4.79 Å². The van der Waals surface area contributed by atoms with Gasteiger partial charge in [-0.05, 0) is 13.0 Å². The number of hydrogen-bond acceptors (Lipinski definition) is 7. The Kier molecular flexibility index (Phi) is 5.13. The number of nitrogens with one attached hydrogen (secondary N) is 1. The Bertz CT molecular complexity index is 330. The van der Waals surface area contributed by atoms with Crippen molar-refractivity contribution in [2.45, 2.75) is 12.8 Å². The highest BCUT2D eigenvalue weighted by Crippen LogP contribution is 2.05. The molecule has 8 heteroatoms. The van der Waals surface area contributed by atoms with Gasteiger partial charge >= 0.3 is 5.97 Å². The van der Waals surface area contributed by atoms with Crippen LogP contribution in [0, 0.1) is 0 Å². The third kappa shape index (κ3) is 4.88. The zero-order valence-corrected chi connectivity index (χ0v) is 9.83. The summed E-state index contributed by atoms with van der Waals surface area (Å²) in [6.07, 6.45) is 0.816. The molecule has 94 valence electrons. The number of nitrogens with two attached hydrogens (primary N) is 1. The monoisotopic (exact) mass is 251 g/mol. The highest BCUT2D eigenvalue weighted by atomic mass is 32.2. The lowest BCUT2D eigenvalue weighted by Crippen LogP contribution is -2.32. The number of carbonyl (C=O) groups excluding carboxylic acids is 1. The van der Waals surface area contributed by atoms with E-state index in [1.165, 1.54) is 0 Å². The molecule has 0 aromatic carbocycles. The SMILES string of the molecule is NNOC(=O)CCN1CCCS(=O)(=O)CC1. The van der Waals surface area contributed by atoms with Crippen LogP contribution in [0.3, 0.4) is 0 Å². The van der Waals surface area contributed by atoms with Crippen molar-refractivity contribution in [3.8, 4) is 0 Å². The van der Waals surface area contributed by atoms with Gasteiger partial charge in [0.25, 0.3) is 0 Å². The molecule has 0 bridgehead atoms. The van der Waals surface area contributed by atoms with Gasteiger partial charge in [0.15, 0.2) is 9.84 Å². The molecular formula is C8H17N3O4S. The molecule has 0 saturated carbocycles. The molecule has 1 fully saturated rings. The second-order valence-electron chi connectivity index (χ2n) is 3.69. The first-order chi connectivity index (χ1) is 7.53. The molecule has 0 spiro atoms. The summed E-state index contributed by atoms with van der Waals surface area (Å²) in [5.41, 5.74) is 1.82. The van der Waals surface area contributed by atoms with Crippen LogP contribution in [0.2, 0.25) is 0 Å². The molecule has 0 amide bonds. The average molecular weight is 251 g/mol. The van der Waals surface area contributed by atoms with Crippen molar-refractivity contribution in [3.63, 3.8) is 0 Å². The van der Waals surface area contributed by atoms with Gasteiger partial charge in [-0.25, -0.2) is 14.3 Å². The van der Waals surface area contributed by atoms with E-state index in [2.05, 4.69) is 4.84 Å². The molecule has 0 radical (unpaired) electrons. The fraction of sp³-hybridized carbons (Fsp3) is 0.875. The van der Waals surface area contributed by atoms with E-state index in [1.54, 1.807) is 0 Å². The molecule has 0 unspecified atom stereocenters. The molecule has 0 aromatic heterocycles. The third-order valence-corrected chi connectivity index (χ3v) is 4.17. The van der Waals surface area contributed by atoms with Gasteiger partial charge < -0.3 is 9.74 Å². The largest absolute Gasteiger partial charge is 0.356 e. The van der Waals surface area contributed by atoms with Crippen LogP contribution in [0.1, 0.15) is 12.8 Å². The van der Waals surface area contributed by atoms with Gasteiger partial charge in [0.05, 0.1) is 17.9 Å². The first kappa shape index (κ1) is 13.4. The lowest BCUT2D eigenvalue weighted by Gasteiger charge is -2.17. The minimum absolute atomic E-state index is 0.164. The molecular weight excluding hydrogens is 234 g/mol. The van der Waals surface area contributed by atoms with Crippen molar-refractivity contribution < 1.29 is 18.0 Å². The second-order valence-corrected chi connectivity index (χ2v) is 5.99. The third-order valence-electron chi connectivity index (χ3n) is 2.45. The lowest BCUT2D eigenvalue weighted by molar-refractivity contribution is -0.151. The lowest BCUT2D eigenvalue weighted by atomic mass is 10.3. The molecule has 1 rings (SSSR count). The molecule has 1 saturated heterocycles. The molecule has 1 aliphatic rings. The minimum atomic E-state index is -2.89. The Morgan fingerprint density at radius 3 is 2.81 bits per heavy atom. The van der Waals surface area contributed by atoms with Gasteiger partial charge in [-0.1, -0.05) is 5.59 Å². The highest BCUT2D eigenvalue weighted by molar-refractivity contribution is 7.91. The number of carbonyl (C=O) groups is 1. The van der Waals surface area contributed by atoms with E-state index >= 15 is 0 Å². The van der Waals surface area contributed by atoms with E-state index in [4.69, 9.17) is 5.84 Å². The molecule has 1 heterocycles. The van der Waals surface area contributed by atoms with Crippen molar-refractivity contribution in [1.82, 2.24) is 10.5 Å². The summed E-state index contributed by atoms with van der Waals surface area (Å²) < 4.78 is 22.6. The second kappa shape index (κ2) is 6.14. The van der Waals surface area contributed by atoms with Crippen LogP contribution in [-0.4, -0.2) is 50.4 Å². The first-order valence-electron chi connectivity index (χ1n) is 5.11. The molecule has 7 nitrogen and oxygen atoms in total. The van der Waals surface area contributed by atoms with Crippen LogP contribution in [0.4, 0.5) is 0 Å². The minimum Gasteiger partial charge on any atom is -0.356 e. The van der Waals surface area contributed by atoms with Crippen LogP contribution in [0.25, 0.3) is 0 Å². The van der Waals surface area contributed by atoms with Gasteiger partial charge in [-0.2, -0.15) is 0 Å². The topological polar surface area (TPSA) is 102 Å². The molecule has 0 aliphatic carbocycles. The highest BCUT2D eigenvalue weighted by Gasteiger charge is 2.19. The summed E-state index contributed by atoms with van der Waals surface area (Å²) in [5, 5.41) is 0. The molecule has 16 heavy (non-hydrogen) atoms. The van der Waals surface area contributed by atoms with Crippen molar-refractivity contribution in [3.05, 3.63) is 0 Å². The van der Waals surface area contributed by atoms with Crippen molar-refractivity contribution in [1.29, 1.82) is 0 Å². The standard InChI is InChI=1S/C8H17N3O4S/c9-10-15-8(12)2-4-11-3-1-6-16(13,14)7-5-11/h10H,1-7,9H2. The smallest absolute Gasteiger partial charge is 0.327 e. The summed E-state index contributed by atoms with van der Waals surface area (Å²) in [5.74, 6) is 4.76. The number of hydrogen-bond donors (Lipinski definition) is 2. The predicted octanol–water partition coefficient (Wildman–Crippen LogP) is -1.58. The van der Waals surface area contributed by atoms with E-state index in [9.17, 15) is 13.2 Å². The Hall–Kier alpha value is -0.700. The maximum atomic E-state index is 11.3. The van der Waals surface area contributed by atoms with Gasteiger partial charge in [-0.15, -0.1) is 0 Å². The number of sulfone groups is 1. The van der Waals surface area contributed by atoms with Crippen LogP contribution in [0.15, 0.2) is 0 Å². The summed E-state index contributed by atoms with van der Waals surface area (Å²) in [6.45, 7) is 1.67. The van der Waals surface area contributed by atoms with E-state index in [0.29, 0.717) is 26.1 Å². The Morgan fingerprint density at radius 2 is 2.12 bits per heavy atom. The fourth-order valence-corrected chi connectivity index (χ4v) is 2.89. The normalized spacial score (nSPS) is 21.3. The predicted molar refractivity (Wildman–Crippen MR) is 57.7 cm³/mol. The van der Waals surface area contributed by atoms with Crippen LogP contribution in [-0.2, 0) is 19.5 Å². The van der Waals surface area contributed by atoms with Gasteiger partial charge in [0.1, 0.15) is 0 Å².